The number of aldehydes is 1. The SMILES string of the molecule is CN(C)C(=O)OC1CCN(C(C=O)n2c(=O)sc3cccc(Cl)c32)CC1. The molecule has 1 aromatic heterocycles. The first-order valence-corrected chi connectivity index (χ1v) is 9.48. The van der Waals surface area contributed by atoms with Crippen molar-refractivity contribution in [3.05, 3.63) is 32.9 Å². The van der Waals surface area contributed by atoms with Crippen molar-refractivity contribution in [1.29, 1.82) is 0 Å². The summed E-state index contributed by atoms with van der Waals surface area (Å²) in [7, 11) is 3.27. The number of ether oxygens (including phenoxy) is 1. The number of likely N-dealkylation sites (tertiary alicyclic amines) is 1. The molecule has 1 amide bonds. The van der Waals surface area contributed by atoms with Gasteiger partial charge in [-0.1, -0.05) is 29.0 Å². The van der Waals surface area contributed by atoms with Crippen molar-refractivity contribution in [2.45, 2.75) is 25.1 Å². The van der Waals surface area contributed by atoms with Gasteiger partial charge < -0.3 is 9.64 Å². The molecule has 1 saturated heterocycles. The van der Waals surface area contributed by atoms with Gasteiger partial charge in [-0.3, -0.25) is 19.1 Å². The highest BCUT2D eigenvalue weighted by atomic mass is 35.5. The second-order valence-electron chi connectivity index (χ2n) is 6.39. The molecule has 26 heavy (non-hydrogen) atoms. The van der Waals surface area contributed by atoms with E-state index in [2.05, 4.69) is 0 Å². The monoisotopic (exact) mass is 397 g/mol. The molecule has 2 aromatic rings. The molecule has 1 fully saturated rings. The minimum atomic E-state index is -0.721. The highest BCUT2D eigenvalue weighted by Crippen LogP contribution is 2.29. The number of hydrogen-bond acceptors (Lipinski definition) is 6. The molecule has 7 nitrogen and oxygen atoms in total. The number of aromatic nitrogens is 1. The lowest BCUT2D eigenvalue weighted by atomic mass is 10.1. The number of thiazole rings is 1. The molecule has 2 heterocycles. The Hall–Kier alpha value is -1.90. The van der Waals surface area contributed by atoms with E-state index >= 15 is 0 Å². The molecule has 0 spiro atoms. The smallest absolute Gasteiger partial charge is 0.409 e. The Balaban J connectivity index is 1.80. The van der Waals surface area contributed by atoms with Crippen LogP contribution in [0.3, 0.4) is 0 Å². The highest BCUT2D eigenvalue weighted by Gasteiger charge is 2.30. The van der Waals surface area contributed by atoms with Gasteiger partial charge in [-0.25, -0.2) is 4.79 Å². The predicted molar refractivity (Wildman–Crippen MR) is 101 cm³/mol. The van der Waals surface area contributed by atoms with Crippen LogP contribution in [-0.2, 0) is 9.53 Å². The van der Waals surface area contributed by atoms with E-state index in [1.54, 1.807) is 26.2 Å². The first kappa shape index (κ1) is 18.9. The van der Waals surface area contributed by atoms with E-state index < -0.39 is 6.17 Å². The van der Waals surface area contributed by atoms with Crippen molar-refractivity contribution >= 4 is 45.5 Å². The molecular weight excluding hydrogens is 378 g/mol. The van der Waals surface area contributed by atoms with E-state index in [-0.39, 0.29) is 17.1 Å². The summed E-state index contributed by atoms with van der Waals surface area (Å²) in [6.45, 7) is 1.09. The standard InChI is InChI=1S/C17H20ClN3O4S/c1-19(2)16(23)25-11-6-8-20(9-7-11)14(10-22)21-15-12(18)4-3-5-13(15)26-17(21)24/h3-5,10-11,14H,6-9H2,1-2H3. The van der Waals surface area contributed by atoms with Crippen LogP contribution in [0, 0.1) is 0 Å². The number of rotatable bonds is 4. The van der Waals surface area contributed by atoms with E-state index in [4.69, 9.17) is 16.3 Å². The Labute approximate surface area is 159 Å². The first-order valence-electron chi connectivity index (χ1n) is 8.29. The maximum Gasteiger partial charge on any atom is 0.409 e. The maximum atomic E-state index is 12.5. The predicted octanol–water partition coefficient (Wildman–Crippen LogP) is 2.58. The normalized spacial score (nSPS) is 17.2. The topological polar surface area (TPSA) is 71.8 Å². The number of halogens is 1. The summed E-state index contributed by atoms with van der Waals surface area (Å²) in [6.07, 6.45) is 0.697. The van der Waals surface area contributed by atoms with Crippen LogP contribution in [0.15, 0.2) is 23.0 Å². The summed E-state index contributed by atoms with van der Waals surface area (Å²) >= 11 is 7.35. The van der Waals surface area contributed by atoms with Gasteiger partial charge in [0.25, 0.3) is 0 Å². The molecule has 3 rings (SSSR count). The van der Waals surface area contributed by atoms with Crippen LogP contribution >= 0.6 is 22.9 Å². The van der Waals surface area contributed by atoms with Crippen molar-refractivity contribution < 1.29 is 14.3 Å². The summed E-state index contributed by atoms with van der Waals surface area (Å²) in [5.74, 6) is 0. The minimum absolute atomic E-state index is 0.187. The molecule has 0 N–H and O–H groups in total. The van der Waals surface area contributed by atoms with Crippen LogP contribution < -0.4 is 4.87 Å². The zero-order chi connectivity index (χ0) is 18.8. The summed E-state index contributed by atoms with van der Waals surface area (Å²) < 4.78 is 7.62. The third kappa shape index (κ3) is 3.62. The molecule has 1 aliphatic heterocycles. The number of amides is 1. The Morgan fingerprint density at radius 3 is 2.69 bits per heavy atom. The molecule has 0 saturated carbocycles. The van der Waals surface area contributed by atoms with Crippen LogP contribution in [-0.4, -0.2) is 60.0 Å². The molecule has 0 radical (unpaired) electrons. The number of nitrogens with zero attached hydrogens (tertiary/aromatic N) is 3. The molecule has 1 aromatic carbocycles. The van der Waals surface area contributed by atoms with Gasteiger partial charge in [0.05, 0.1) is 15.2 Å². The Bertz CT molecular complexity index is 871. The van der Waals surface area contributed by atoms with Crippen LogP contribution in [0.1, 0.15) is 19.0 Å². The summed E-state index contributed by atoms with van der Waals surface area (Å²) in [4.78, 5) is 39.1. The molecule has 1 atom stereocenters. The molecule has 1 aliphatic rings. The summed E-state index contributed by atoms with van der Waals surface area (Å²) in [5, 5.41) is 0.447. The van der Waals surface area contributed by atoms with Crippen molar-refractivity contribution in [1.82, 2.24) is 14.4 Å². The van der Waals surface area contributed by atoms with E-state index in [9.17, 15) is 14.4 Å². The number of piperidine rings is 1. The van der Waals surface area contributed by atoms with E-state index in [0.29, 0.717) is 36.5 Å². The largest absolute Gasteiger partial charge is 0.446 e. The lowest BCUT2D eigenvalue weighted by molar-refractivity contribution is -0.116. The average molecular weight is 398 g/mol. The molecule has 9 heteroatoms. The first-order chi connectivity index (χ1) is 12.4. The maximum absolute atomic E-state index is 12.5. The third-order valence-electron chi connectivity index (χ3n) is 4.45. The second kappa shape index (κ2) is 7.77. The lowest BCUT2D eigenvalue weighted by Gasteiger charge is -2.35. The van der Waals surface area contributed by atoms with E-state index in [1.165, 1.54) is 9.47 Å². The number of para-hydroxylation sites is 1. The van der Waals surface area contributed by atoms with Crippen LogP contribution in [0.2, 0.25) is 5.02 Å². The quantitative estimate of drug-likeness (QED) is 0.741. The summed E-state index contributed by atoms with van der Waals surface area (Å²) in [5.41, 5.74) is 0.586. The molecule has 0 bridgehead atoms. The van der Waals surface area contributed by atoms with Gasteiger partial charge in [-0.2, -0.15) is 0 Å². The van der Waals surface area contributed by atoms with Gasteiger partial charge in [0.15, 0.2) is 6.29 Å². The molecular formula is C17H20ClN3O4S. The number of carbonyl (C=O) groups is 2. The van der Waals surface area contributed by atoms with Crippen LogP contribution in [0.5, 0.6) is 0 Å². The zero-order valence-corrected chi connectivity index (χ0v) is 16.1. The molecule has 1 unspecified atom stereocenters. The van der Waals surface area contributed by atoms with Crippen molar-refractivity contribution in [3.8, 4) is 0 Å². The zero-order valence-electron chi connectivity index (χ0n) is 14.6. The number of carbonyl (C=O) groups excluding carboxylic acids is 2. The van der Waals surface area contributed by atoms with Crippen molar-refractivity contribution in [2.75, 3.05) is 27.2 Å². The van der Waals surface area contributed by atoms with Gasteiger partial charge in [0, 0.05) is 27.2 Å². The third-order valence-corrected chi connectivity index (χ3v) is 5.68. The van der Waals surface area contributed by atoms with Gasteiger partial charge in [-0.15, -0.1) is 0 Å². The van der Waals surface area contributed by atoms with E-state index in [0.717, 1.165) is 22.3 Å². The fraction of sp³-hybridized carbons (Fsp3) is 0.471. The highest BCUT2D eigenvalue weighted by molar-refractivity contribution is 7.16. The second-order valence-corrected chi connectivity index (χ2v) is 7.79. The number of hydrogen-bond donors (Lipinski definition) is 0. The van der Waals surface area contributed by atoms with Gasteiger partial charge in [0.1, 0.15) is 12.3 Å². The van der Waals surface area contributed by atoms with E-state index in [1.807, 2.05) is 11.0 Å². The summed E-state index contributed by atoms with van der Waals surface area (Å²) in [6, 6.07) is 5.31. The molecule has 0 aliphatic carbocycles. The van der Waals surface area contributed by atoms with Gasteiger partial charge in [0.2, 0.25) is 0 Å². The Morgan fingerprint density at radius 2 is 2.08 bits per heavy atom. The van der Waals surface area contributed by atoms with Gasteiger partial charge >= 0.3 is 11.0 Å². The fourth-order valence-electron chi connectivity index (χ4n) is 3.10. The van der Waals surface area contributed by atoms with Crippen LogP contribution in [0.4, 0.5) is 4.79 Å². The Kier molecular flexibility index (Phi) is 5.64. The van der Waals surface area contributed by atoms with Crippen LogP contribution in [0.25, 0.3) is 10.2 Å². The minimum Gasteiger partial charge on any atom is -0.446 e. The average Bonchev–Trinajstić information content (AvgIpc) is 2.94. The number of benzene rings is 1. The Morgan fingerprint density at radius 1 is 1.38 bits per heavy atom. The molecule has 140 valence electrons. The lowest BCUT2D eigenvalue weighted by Crippen LogP contribution is -2.44. The van der Waals surface area contributed by atoms with Crippen molar-refractivity contribution in [2.24, 2.45) is 0 Å². The van der Waals surface area contributed by atoms with Gasteiger partial charge in [-0.05, 0) is 25.0 Å². The van der Waals surface area contributed by atoms with Crippen molar-refractivity contribution in [3.63, 3.8) is 0 Å². The number of fused-ring (bicyclic) bond motifs is 1. The fourth-order valence-corrected chi connectivity index (χ4v) is 4.36.